The monoisotopic (exact) mass is 526 g/mol. The van der Waals surface area contributed by atoms with E-state index in [2.05, 4.69) is 41.8 Å². The van der Waals surface area contributed by atoms with E-state index in [1.165, 1.54) is 5.56 Å². The van der Waals surface area contributed by atoms with E-state index < -0.39 is 18.0 Å². The number of urea groups is 1. The number of amides is 3. The topological polar surface area (TPSA) is 114 Å². The molecule has 0 saturated carbocycles. The van der Waals surface area contributed by atoms with Crippen LogP contribution in [0.25, 0.3) is 11.1 Å². The van der Waals surface area contributed by atoms with E-state index in [1.807, 2.05) is 37.8 Å². The molecule has 2 atom stereocenters. The van der Waals surface area contributed by atoms with E-state index in [4.69, 9.17) is 4.74 Å². The number of carbonyl (C=O) groups is 2. The van der Waals surface area contributed by atoms with Crippen LogP contribution in [0, 0.1) is 5.92 Å². The number of nitrogens with one attached hydrogen (secondary N) is 2. The van der Waals surface area contributed by atoms with Crippen LogP contribution >= 0.6 is 0 Å². The third-order valence-electron chi connectivity index (χ3n) is 6.55. The summed E-state index contributed by atoms with van der Waals surface area (Å²) in [6, 6.07) is 15.1. The van der Waals surface area contributed by atoms with E-state index in [-0.39, 0.29) is 24.9 Å². The number of hydroxylamine groups is 2. The Morgan fingerprint density at radius 1 is 1.08 bits per heavy atom. The number of benzene rings is 2. The molecule has 0 spiro atoms. The van der Waals surface area contributed by atoms with Crippen LogP contribution in [0.1, 0.15) is 56.5 Å². The third-order valence-corrected chi connectivity index (χ3v) is 6.55. The largest absolute Gasteiger partial charge is 0.356 e. The number of hydrogen-bond donors (Lipinski definition) is 4. The van der Waals surface area contributed by atoms with Gasteiger partial charge in [0.25, 0.3) is 5.91 Å². The van der Waals surface area contributed by atoms with Crippen LogP contribution in [0.3, 0.4) is 0 Å². The van der Waals surface area contributed by atoms with Gasteiger partial charge in [0.05, 0.1) is 12.1 Å². The zero-order chi connectivity index (χ0) is 27.7. The molecule has 0 aromatic heterocycles. The van der Waals surface area contributed by atoms with Crippen molar-refractivity contribution < 1.29 is 24.6 Å². The van der Waals surface area contributed by atoms with Crippen molar-refractivity contribution in [1.29, 1.82) is 0 Å². The molecule has 208 valence electrons. The molecule has 1 aliphatic rings. The summed E-state index contributed by atoms with van der Waals surface area (Å²) in [6.45, 7) is 9.52. The molecule has 1 unspecified atom stereocenters. The van der Waals surface area contributed by atoms with Gasteiger partial charge in [-0.25, -0.2) is 9.86 Å². The second-order valence-electron chi connectivity index (χ2n) is 10.8. The first kappa shape index (κ1) is 29.6. The molecule has 3 rings (SSSR count). The number of hydrogen-bond acceptors (Lipinski definition) is 6. The van der Waals surface area contributed by atoms with E-state index in [0.717, 1.165) is 36.9 Å². The Labute approximate surface area is 225 Å². The number of aliphatic hydroxyl groups excluding tert-OH is 1. The molecule has 2 aromatic carbocycles. The maximum Gasteiger partial charge on any atom is 0.341 e. The van der Waals surface area contributed by atoms with E-state index in [9.17, 15) is 19.9 Å². The highest BCUT2D eigenvalue weighted by Crippen LogP contribution is 2.22. The average Bonchev–Trinajstić information content (AvgIpc) is 2.91. The quantitative estimate of drug-likeness (QED) is 0.212. The Morgan fingerprint density at radius 2 is 1.71 bits per heavy atom. The number of nitrogens with zero attached hydrogens (tertiary/aromatic N) is 2. The van der Waals surface area contributed by atoms with Gasteiger partial charge in [-0.2, -0.15) is 0 Å². The van der Waals surface area contributed by atoms with E-state index in [1.54, 1.807) is 12.1 Å². The fourth-order valence-corrected chi connectivity index (χ4v) is 4.40. The summed E-state index contributed by atoms with van der Waals surface area (Å²) in [7, 11) is 0. The van der Waals surface area contributed by atoms with Gasteiger partial charge in [-0.15, -0.1) is 0 Å². The summed E-state index contributed by atoms with van der Waals surface area (Å²) in [5.74, 6) is -0.142. The first-order chi connectivity index (χ1) is 18.1. The Hall–Kier alpha value is -2.98. The number of carbonyl (C=O) groups excluding carboxylic acids is 2. The molecule has 1 saturated heterocycles. The highest BCUT2D eigenvalue weighted by molar-refractivity contribution is 5.94. The molecule has 38 heavy (non-hydrogen) atoms. The van der Waals surface area contributed by atoms with Crippen LogP contribution in [-0.4, -0.2) is 77.0 Å². The van der Waals surface area contributed by atoms with Gasteiger partial charge in [-0.05, 0) is 74.8 Å². The van der Waals surface area contributed by atoms with Crippen molar-refractivity contribution in [3.8, 4) is 11.1 Å². The van der Waals surface area contributed by atoms with Gasteiger partial charge in [-0.3, -0.25) is 14.9 Å². The Balaban J connectivity index is 1.38. The predicted octanol–water partition coefficient (Wildman–Crippen LogP) is 3.85. The molecule has 2 aromatic rings. The lowest BCUT2D eigenvalue weighted by molar-refractivity contribution is -0.244. The molecule has 1 fully saturated rings. The molecule has 3 amide bonds. The second-order valence-corrected chi connectivity index (χ2v) is 10.8. The fourth-order valence-electron chi connectivity index (χ4n) is 4.40. The van der Waals surface area contributed by atoms with Crippen molar-refractivity contribution >= 4 is 11.9 Å². The summed E-state index contributed by atoms with van der Waals surface area (Å²) in [5, 5.41) is 26.5. The number of piperidine rings is 1. The van der Waals surface area contributed by atoms with Crippen molar-refractivity contribution in [2.75, 3.05) is 32.7 Å². The lowest BCUT2D eigenvalue weighted by Gasteiger charge is -2.38. The summed E-state index contributed by atoms with van der Waals surface area (Å²) < 4.78 is 5.63. The molecule has 0 aliphatic carbocycles. The standard InChI is InChI=1S/C29H42N4O5/c1-5-21-8-10-23(11-9-21)24-12-14-25(15-13-24)26(34)30-16-18-33(37)27(35)31-19-22-7-6-17-32(20-22)28(36)38-29(2,3)4/h8-15,22,28,36-37H,5-7,16-20H2,1-4H3,(H,30,34)(H,31,35)/t22?,28-/m0/s1. The van der Waals surface area contributed by atoms with E-state index in [0.29, 0.717) is 23.7 Å². The Kier molecular flexibility index (Phi) is 10.7. The maximum atomic E-state index is 12.5. The Bertz CT molecular complexity index is 1040. The Morgan fingerprint density at radius 3 is 2.32 bits per heavy atom. The highest BCUT2D eigenvalue weighted by atomic mass is 16.6. The molecule has 4 N–H and O–H groups in total. The van der Waals surface area contributed by atoms with Crippen molar-refractivity contribution in [1.82, 2.24) is 20.6 Å². The molecule has 1 heterocycles. The molecular formula is C29H42N4O5. The van der Waals surface area contributed by atoms with Crippen LogP contribution in [0.5, 0.6) is 0 Å². The van der Waals surface area contributed by atoms with Gasteiger partial charge >= 0.3 is 6.03 Å². The van der Waals surface area contributed by atoms with Crippen molar-refractivity contribution in [3.63, 3.8) is 0 Å². The molecule has 0 bridgehead atoms. The number of aliphatic hydroxyl groups is 1. The lowest BCUT2D eigenvalue weighted by atomic mass is 9.98. The summed E-state index contributed by atoms with van der Waals surface area (Å²) in [4.78, 5) is 26.6. The maximum absolute atomic E-state index is 12.5. The normalized spacial score (nSPS) is 17.1. The summed E-state index contributed by atoms with van der Waals surface area (Å²) in [5.41, 5.74) is 3.44. The van der Waals surface area contributed by atoms with Gasteiger partial charge in [0.2, 0.25) is 6.41 Å². The van der Waals surface area contributed by atoms with Crippen molar-refractivity contribution in [2.24, 2.45) is 5.92 Å². The zero-order valence-corrected chi connectivity index (χ0v) is 22.9. The first-order valence-corrected chi connectivity index (χ1v) is 13.4. The number of ether oxygens (including phenoxy) is 1. The van der Waals surface area contributed by atoms with Gasteiger partial charge < -0.3 is 20.5 Å². The highest BCUT2D eigenvalue weighted by Gasteiger charge is 2.28. The molecule has 0 radical (unpaired) electrons. The van der Waals surface area contributed by atoms with Crippen molar-refractivity contribution in [2.45, 2.75) is 59.0 Å². The predicted molar refractivity (Wildman–Crippen MR) is 147 cm³/mol. The number of aryl methyl sites for hydroxylation is 1. The summed E-state index contributed by atoms with van der Waals surface area (Å²) >= 11 is 0. The zero-order valence-electron chi connectivity index (χ0n) is 22.9. The van der Waals surface area contributed by atoms with Crippen LogP contribution in [-0.2, 0) is 11.2 Å². The molecule has 9 nitrogen and oxygen atoms in total. The second kappa shape index (κ2) is 13.7. The third kappa shape index (κ3) is 9.09. The van der Waals surface area contributed by atoms with Gasteiger partial charge in [0, 0.05) is 31.7 Å². The minimum Gasteiger partial charge on any atom is -0.356 e. The van der Waals surface area contributed by atoms with Gasteiger partial charge in [-0.1, -0.05) is 43.3 Å². The van der Waals surface area contributed by atoms with Crippen LogP contribution in [0.4, 0.5) is 4.79 Å². The van der Waals surface area contributed by atoms with Crippen LogP contribution in [0.2, 0.25) is 0 Å². The number of rotatable bonds is 10. The van der Waals surface area contributed by atoms with Crippen LogP contribution < -0.4 is 10.6 Å². The van der Waals surface area contributed by atoms with Gasteiger partial charge in [0.1, 0.15) is 0 Å². The number of likely N-dealkylation sites (tertiary alicyclic amines) is 1. The molecule has 9 heteroatoms. The summed E-state index contributed by atoms with van der Waals surface area (Å²) in [6.07, 6.45) is 1.79. The molecule has 1 aliphatic heterocycles. The fraction of sp³-hybridized carbons (Fsp3) is 0.517. The van der Waals surface area contributed by atoms with Gasteiger partial charge in [0.15, 0.2) is 0 Å². The molecular weight excluding hydrogens is 484 g/mol. The minimum atomic E-state index is -0.991. The first-order valence-electron chi connectivity index (χ1n) is 13.4. The van der Waals surface area contributed by atoms with Crippen molar-refractivity contribution in [3.05, 3.63) is 59.7 Å². The average molecular weight is 527 g/mol. The minimum absolute atomic E-state index is 0.0473. The van der Waals surface area contributed by atoms with Crippen LogP contribution in [0.15, 0.2) is 48.5 Å². The lowest BCUT2D eigenvalue weighted by Crippen LogP contribution is -2.49. The SMILES string of the molecule is CCc1ccc(-c2ccc(C(=O)NCCN(O)C(=O)NCC3CCCN([C@@H](O)OC(C)(C)C)C3)cc2)cc1. The van der Waals surface area contributed by atoms with E-state index >= 15 is 0 Å². The smallest absolute Gasteiger partial charge is 0.341 e.